The lowest BCUT2D eigenvalue weighted by Gasteiger charge is -2.02. The van der Waals surface area contributed by atoms with Gasteiger partial charge in [-0.3, -0.25) is 9.20 Å². The molecule has 4 aromatic rings. The number of hydrogen-bond donors (Lipinski definition) is 2. The number of nitrogens with zero attached hydrogens (tertiary/aromatic N) is 2. The molecule has 0 bridgehead atoms. The van der Waals surface area contributed by atoms with Gasteiger partial charge in [0.1, 0.15) is 11.3 Å². The SMILES string of the molecule is C1CC1.Nc1nc2ccc(-c3c[nH]c4ccccc34)cn2c1C=O. The van der Waals surface area contributed by atoms with Gasteiger partial charge >= 0.3 is 0 Å². The van der Waals surface area contributed by atoms with Crippen molar-refractivity contribution in [1.29, 1.82) is 0 Å². The van der Waals surface area contributed by atoms with Gasteiger partial charge in [-0.15, -0.1) is 0 Å². The van der Waals surface area contributed by atoms with Gasteiger partial charge in [-0.05, 0) is 18.2 Å². The Labute approximate surface area is 139 Å². The van der Waals surface area contributed by atoms with E-state index in [2.05, 4.69) is 16.0 Å². The fraction of sp³-hybridized carbons (Fsp3) is 0.158. The molecule has 120 valence electrons. The fourth-order valence-electron chi connectivity index (χ4n) is 2.67. The van der Waals surface area contributed by atoms with Crippen molar-refractivity contribution in [2.75, 3.05) is 5.73 Å². The monoisotopic (exact) mass is 318 g/mol. The number of nitrogens with one attached hydrogen (secondary N) is 1. The molecule has 0 spiro atoms. The van der Waals surface area contributed by atoms with Crippen LogP contribution in [0.3, 0.4) is 0 Å². The first kappa shape index (κ1) is 14.5. The zero-order valence-corrected chi connectivity index (χ0v) is 13.2. The molecule has 0 saturated heterocycles. The number of carbonyl (C=O) groups excluding carboxylic acids is 1. The van der Waals surface area contributed by atoms with E-state index in [1.54, 1.807) is 4.40 Å². The maximum absolute atomic E-state index is 11.2. The highest BCUT2D eigenvalue weighted by Crippen LogP contribution is 2.29. The molecule has 0 amide bonds. The van der Waals surface area contributed by atoms with E-state index in [1.807, 2.05) is 42.7 Å². The van der Waals surface area contributed by atoms with E-state index in [4.69, 9.17) is 5.73 Å². The summed E-state index contributed by atoms with van der Waals surface area (Å²) in [7, 11) is 0. The molecule has 5 heteroatoms. The van der Waals surface area contributed by atoms with Crippen LogP contribution in [0.1, 0.15) is 29.8 Å². The smallest absolute Gasteiger partial charge is 0.170 e. The van der Waals surface area contributed by atoms with E-state index in [0.717, 1.165) is 28.3 Å². The van der Waals surface area contributed by atoms with Crippen LogP contribution in [0.15, 0.2) is 48.8 Å². The van der Waals surface area contributed by atoms with Crippen molar-refractivity contribution in [2.24, 2.45) is 0 Å². The summed E-state index contributed by atoms with van der Waals surface area (Å²) in [6, 6.07) is 11.9. The van der Waals surface area contributed by atoms with E-state index < -0.39 is 0 Å². The highest BCUT2D eigenvalue weighted by atomic mass is 16.1. The number of benzene rings is 1. The molecule has 0 aliphatic heterocycles. The predicted octanol–water partition coefficient (Wildman–Crippen LogP) is 4.05. The van der Waals surface area contributed by atoms with Gasteiger partial charge < -0.3 is 10.7 Å². The van der Waals surface area contributed by atoms with E-state index >= 15 is 0 Å². The minimum absolute atomic E-state index is 0.251. The Morgan fingerprint density at radius 2 is 1.92 bits per heavy atom. The average molecular weight is 318 g/mol. The van der Waals surface area contributed by atoms with Crippen molar-refractivity contribution >= 4 is 28.7 Å². The summed E-state index contributed by atoms with van der Waals surface area (Å²) in [5.41, 5.74) is 9.96. The molecule has 24 heavy (non-hydrogen) atoms. The number of para-hydroxylation sites is 1. The number of carbonyl (C=O) groups is 1. The highest BCUT2D eigenvalue weighted by Gasteiger charge is 2.11. The van der Waals surface area contributed by atoms with Gasteiger partial charge in [0.05, 0.1) is 0 Å². The van der Waals surface area contributed by atoms with Crippen molar-refractivity contribution in [3.8, 4) is 11.1 Å². The largest absolute Gasteiger partial charge is 0.382 e. The van der Waals surface area contributed by atoms with Gasteiger partial charge in [0.25, 0.3) is 0 Å². The first-order valence-electron chi connectivity index (χ1n) is 8.07. The van der Waals surface area contributed by atoms with Crippen molar-refractivity contribution in [3.63, 3.8) is 0 Å². The summed E-state index contributed by atoms with van der Waals surface area (Å²) in [4.78, 5) is 18.6. The Bertz CT molecular complexity index is 1020. The summed E-state index contributed by atoms with van der Waals surface area (Å²) in [5.74, 6) is 0.251. The Kier molecular flexibility index (Phi) is 3.54. The third-order valence-corrected chi connectivity index (χ3v) is 4.05. The molecule has 0 unspecified atom stereocenters. The first-order chi connectivity index (χ1) is 11.8. The standard InChI is InChI=1S/C16H12N4O.C3H6/c17-16-14(9-21)20-8-10(5-6-15(20)19-16)12-7-18-13-4-2-1-3-11(12)13;1-2-3-1/h1-9,18H,17H2;1-3H2. The molecule has 1 fully saturated rings. The van der Waals surface area contributed by atoms with E-state index in [-0.39, 0.29) is 5.82 Å². The molecule has 3 aromatic heterocycles. The number of hydrogen-bond acceptors (Lipinski definition) is 3. The van der Waals surface area contributed by atoms with Gasteiger partial charge in [0.2, 0.25) is 0 Å². The average Bonchev–Trinajstić information content (AvgIpc) is 3.37. The number of nitrogens with two attached hydrogens (primary N) is 1. The van der Waals surface area contributed by atoms with Crippen LogP contribution in [0.25, 0.3) is 27.7 Å². The second kappa shape index (κ2) is 5.85. The number of H-pyrrole nitrogens is 1. The number of nitrogen functional groups attached to an aromatic ring is 1. The molecular weight excluding hydrogens is 300 g/mol. The van der Waals surface area contributed by atoms with Gasteiger partial charge in [0.15, 0.2) is 12.1 Å². The molecule has 1 aliphatic carbocycles. The van der Waals surface area contributed by atoms with Crippen molar-refractivity contribution in [1.82, 2.24) is 14.4 Å². The number of aromatic nitrogens is 3. The molecule has 1 aliphatic rings. The first-order valence-corrected chi connectivity index (χ1v) is 8.07. The topological polar surface area (TPSA) is 76.2 Å². The minimum Gasteiger partial charge on any atom is -0.382 e. The van der Waals surface area contributed by atoms with Crippen molar-refractivity contribution < 1.29 is 4.79 Å². The molecule has 3 heterocycles. The molecule has 0 atom stereocenters. The van der Waals surface area contributed by atoms with Gasteiger partial charge in [-0.25, -0.2) is 4.98 Å². The molecule has 3 N–H and O–H groups in total. The molecule has 0 radical (unpaired) electrons. The Morgan fingerprint density at radius 1 is 1.12 bits per heavy atom. The third-order valence-electron chi connectivity index (χ3n) is 4.05. The van der Waals surface area contributed by atoms with Crippen LogP contribution in [-0.4, -0.2) is 20.7 Å². The molecule has 1 saturated carbocycles. The summed E-state index contributed by atoms with van der Waals surface area (Å²) >= 11 is 0. The maximum Gasteiger partial charge on any atom is 0.170 e. The van der Waals surface area contributed by atoms with Crippen LogP contribution in [0.2, 0.25) is 0 Å². The Hall–Kier alpha value is -3.08. The quantitative estimate of drug-likeness (QED) is 0.547. The maximum atomic E-state index is 11.2. The van der Waals surface area contributed by atoms with Crippen LogP contribution >= 0.6 is 0 Å². The normalized spacial score (nSPS) is 12.8. The second-order valence-corrected chi connectivity index (χ2v) is 5.95. The summed E-state index contributed by atoms with van der Waals surface area (Å²) in [6.07, 6.45) is 9.08. The minimum atomic E-state index is 0.251. The van der Waals surface area contributed by atoms with Crippen molar-refractivity contribution in [3.05, 3.63) is 54.5 Å². The lowest BCUT2D eigenvalue weighted by atomic mass is 10.1. The number of anilines is 1. The summed E-state index contributed by atoms with van der Waals surface area (Å²) in [6.45, 7) is 0. The van der Waals surface area contributed by atoms with Gasteiger partial charge in [0, 0.05) is 34.4 Å². The second-order valence-electron chi connectivity index (χ2n) is 5.95. The number of fused-ring (bicyclic) bond motifs is 2. The van der Waals surface area contributed by atoms with Gasteiger partial charge in [-0.1, -0.05) is 37.5 Å². The Balaban J connectivity index is 0.000000440. The summed E-state index contributed by atoms with van der Waals surface area (Å²) in [5, 5.41) is 1.14. The van der Waals surface area contributed by atoms with Crippen LogP contribution in [0.4, 0.5) is 5.82 Å². The number of aldehydes is 1. The predicted molar refractivity (Wildman–Crippen MR) is 96.1 cm³/mol. The number of rotatable bonds is 2. The number of aromatic amines is 1. The third kappa shape index (κ3) is 2.54. The van der Waals surface area contributed by atoms with Crippen molar-refractivity contribution in [2.45, 2.75) is 19.3 Å². The molecule has 1 aromatic carbocycles. The van der Waals surface area contributed by atoms with Gasteiger partial charge in [-0.2, -0.15) is 0 Å². The zero-order chi connectivity index (χ0) is 16.5. The summed E-state index contributed by atoms with van der Waals surface area (Å²) < 4.78 is 1.72. The van der Waals surface area contributed by atoms with Crippen LogP contribution in [0.5, 0.6) is 0 Å². The Morgan fingerprint density at radius 3 is 2.67 bits per heavy atom. The van der Waals surface area contributed by atoms with Crippen LogP contribution in [-0.2, 0) is 0 Å². The van der Waals surface area contributed by atoms with E-state index in [0.29, 0.717) is 11.3 Å². The molecule has 5 nitrogen and oxygen atoms in total. The number of imidazole rings is 1. The molecule has 5 rings (SSSR count). The van der Waals surface area contributed by atoms with Crippen LogP contribution in [0, 0.1) is 0 Å². The molecular formula is C19H18N4O. The number of pyridine rings is 1. The van der Waals surface area contributed by atoms with Crippen LogP contribution < -0.4 is 5.73 Å². The highest BCUT2D eigenvalue weighted by molar-refractivity contribution is 5.95. The lowest BCUT2D eigenvalue weighted by molar-refractivity contribution is 0.111. The lowest BCUT2D eigenvalue weighted by Crippen LogP contribution is -1.95. The van der Waals surface area contributed by atoms with E-state index in [1.165, 1.54) is 19.3 Å². The zero-order valence-electron chi connectivity index (χ0n) is 13.2. The van der Waals surface area contributed by atoms with E-state index in [9.17, 15) is 4.79 Å². The fourth-order valence-corrected chi connectivity index (χ4v) is 2.67.